The van der Waals surface area contributed by atoms with Gasteiger partial charge in [0.2, 0.25) is 0 Å². The zero-order chi connectivity index (χ0) is 18.4. The van der Waals surface area contributed by atoms with Gasteiger partial charge in [-0.3, -0.25) is 9.48 Å². The first kappa shape index (κ1) is 17.0. The van der Waals surface area contributed by atoms with E-state index in [1.807, 2.05) is 36.4 Å². The van der Waals surface area contributed by atoms with Gasteiger partial charge in [-0.2, -0.15) is 10.4 Å². The molecule has 0 aliphatic heterocycles. The second-order valence-corrected chi connectivity index (χ2v) is 5.51. The van der Waals surface area contributed by atoms with Crippen LogP contribution in [0.15, 0.2) is 72.6 Å². The Kier molecular flexibility index (Phi) is 5.11. The van der Waals surface area contributed by atoms with Crippen LogP contribution in [0, 0.1) is 11.3 Å². The van der Waals surface area contributed by atoms with Crippen molar-refractivity contribution < 1.29 is 9.53 Å². The minimum Gasteiger partial charge on any atom is -0.457 e. The lowest BCUT2D eigenvalue weighted by Crippen LogP contribution is -2.13. The summed E-state index contributed by atoms with van der Waals surface area (Å²) in [6.45, 7) is 0. The second kappa shape index (κ2) is 7.81. The van der Waals surface area contributed by atoms with Crippen LogP contribution < -0.4 is 10.1 Å². The third kappa shape index (κ3) is 4.36. The smallest absolute Gasteiger partial charge is 0.266 e. The first-order valence-corrected chi connectivity index (χ1v) is 7.89. The summed E-state index contributed by atoms with van der Waals surface area (Å²) < 4.78 is 7.30. The van der Waals surface area contributed by atoms with Crippen LogP contribution in [0.2, 0.25) is 0 Å². The maximum Gasteiger partial charge on any atom is 0.266 e. The summed E-state index contributed by atoms with van der Waals surface area (Å²) >= 11 is 0. The summed E-state index contributed by atoms with van der Waals surface area (Å²) in [7, 11) is 1.77. The van der Waals surface area contributed by atoms with Crippen molar-refractivity contribution in [2.24, 2.45) is 7.05 Å². The molecule has 0 bridgehead atoms. The number of carbonyl (C=O) groups is 1. The summed E-state index contributed by atoms with van der Waals surface area (Å²) in [5.41, 5.74) is 1.26. The first-order valence-electron chi connectivity index (χ1n) is 7.89. The van der Waals surface area contributed by atoms with Crippen molar-refractivity contribution in [1.29, 1.82) is 5.26 Å². The number of amides is 1. The highest BCUT2D eigenvalue weighted by atomic mass is 16.5. The summed E-state index contributed by atoms with van der Waals surface area (Å²) in [4.78, 5) is 12.3. The van der Waals surface area contributed by atoms with Crippen molar-refractivity contribution in [2.45, 2.75) is 0 Å². The number of rotatable bonds is 5. The van der Waals surface area contributed by atoms with Crippen molar-refractivity contribution in [3.63, 3.8) is 0 Å². The second-order valence-electron chi connectivity index (χ2n) is 5.51. The fourth-order valence-corrected chi connectivity index (χ4v) is 2.26. The van der Waals surface area contributed by atoms with Crippen molar-refractivity contribution in [3.8, 4) is 17.6 Å². The highest BCUT2D eigenvalue weighted by Crippen LogP contribution is 2.22. The van der Waals surface area contributed by atoms with E-state index < -0.39 is 5.91 Å². The zero-order valence-corrected chi connectivity index (χ0v) is 14.1. The van der Waals surface area contributed by atoms with E-state index in [1.54, 1.807) is 48.4 Å². The maximum atomic E-state index is 12.3. The molecule has 2 aromatic carbocycles. The van der Waals surface area contributed by atoms with E-state index in [-0.39, 0.29) is 5.57 Å². The first-order chi connectivity index (χ1) is 12.6. The number of aromatic nitrogens is 2. The highest BCUT2D eigenvalue weighted by Gasteiger charge is 2.10. The lowest BCUT2D eigenvalue weighted by molar-refractivity contribution is -0.112. The van der Waals surface area contributed by atoms with Gasteiger partial charge in [-0.25, -0.2) is 0 Å². The Balaban J connectivity index is 1.67. The Hall–Kier alpha value is -3.85. The molecule has 1 N–H and O–H groups in total. The fourth-order valence-electron chi connectivity index (χ4n) is 2.26. The molecule has 0 aliphatic carbocycles. The Morgan fingerprint density at radius 3 is 2.46 bits per heavy atom. The molecule has 6 nitrogen and oxygen atoms in total. The number of nitrogens with one attached hydrogen (secondary N) is 1. The van der Waals surface area contributed by atoms with Crippen LogP contribution in [0.5, 0.6) is 11.5 Å². The van der Waals surface area contributed by atoms with E-state index in [2.05, 4.69) is 10.4 Å². The molecular formula is C20H16N4O2. The number of benzene rings is 2. The van der Waals surface area contributed by atoms with Crippen LogP contribution in [0.1, 0.15) is 5.56 Å². The van der Waals surface area contributed by atoms with E-state index >= 15 is 0 Å². The molecule has 1 amide bonds. The quantitative estimate of drug-likeness (QED) is 0.564. The standard InChI is InChI=1S/C20H16N4O2/c1-24-14-15(13-22-24)11-16(12-21)20(25)23-17-7-9-19(10-8-17)26-18-5-3-2-4-6-18/h2-11,13-14H,1H3,(H,23,25)/b16-11+. The molecule has 0 atom stereocenters. The lowest BCUT2D eigenvalue weighted by atomic mass is 10.2. The molecule has 0 saturated heterocycles. The fraction of sp³-hybridized carbons (Fsp3) is 0.0500. The van der Waals surface area contributed by atoms with Crippen molar-refractivity contribution in [3.05, 3.63) is 78.1 Å². The van der Waals surface area contributed by atoms with Crippen molar-refractivity contribution in [2.75, 3.05) is 5.32 Å². The average Bonchev–Trinajstić information content (AvgIpc) is 3.07. The largest absolute Gasteiger partial charge is 0.457 e. The number of nitrogens with zero attached hydrogens (tertiary/aromatic N) is 3. The average molecular weight is 344 g/mol. The van der Waals surface area contributed by atoms with Gasteiger partial charge in [0.25, 0.3) is 5.91 Å². The maximum absolute atomic E-state index is 12.3. The van der Waals surface area contributed by atoms with E-state index in [1.165, 1.54) is 6.08 Å². The Bertz CT molecular complexity index is 967. The number of nitriles is 1. The predicted molar refractivity (Wildman–Crippen MR) is 98.4 cm³/mol. The molecule has 3 aromatic rings. The van der Waals surface area contributed by atoms with Gasteiger partial charge in [0, 0.05) is 24.5 Å². The number of para-hydroxylation sites is 1. The summed E-state index contributed by atoms with van der Waals surface area (Å²) in [6.07, 6.45) is 4.80. The van der Waals surface area contributed by atoms with Crippen LogP contribution in [0.4, 0.5) is 5.69 Å². The SMILES string of the molecule is Cn1cc(/C=C(\C#N)C(=O)Nc2ccc(Oc3ccccc3)cc2)cn1. The molecule has 0 saturated carbocycles. The molecule has 0 unspecified atom stereocenters. The molecule has 6 heteroatoms. The third-order valence-electron chi connectivity index (χ3n) is 3.49. The molecule has 1 heterocycles. The zero-order valence-electron chi connectivity index (χ0n) is 14.1. The van der Waals surface area contributed by atoms with Gasteiger partial charge in [-0.1, -0.05) is 18.2 Å². The van der Waals surface area contributed by atoms with Crippen LogP contribution >= 0.6 is 0 Å². The molecule has 1 aromatic heterocycles. The van der Waals surface area contributed by atoms with Gasteiger partial charge in [-0.15, -0.1) is 0 Å². The van der Waals surface area contributed by atoms with Crippen LogP contribution in [0.3, 0.4) is 0 Å². The molecule has 3 rings (SSSR count). The van der Waals surface area contributed by atoms with Crippen LogP contribution in [0.25, 0.3) is 6.08 Å². The van der Waals surface area contributed by atoms with Crippen LogP contribution in [-0.2, 0) is 11.8 Å². The Labute approximate surface area is 151 Å². The summed E-state index contributed by atoms with van der Waals surface area (Å²) in [5.74, 6) is 0.907. The van der Waals surface area contributed by atoms with E-state index in [0.29, 0.717) is 17.0 Å². The summed E-state index contributed by atoms with van der Waals surface area (Å²) in [6, 6.07) is 18.3. The lowest BCUT2D eigenvalue weighted by Gasteiger charge is -2.07. The molecular weight excluding hydrogens is 328 g/mol. The van der Waals surface area contributed by atoms with Gasteiger partial charge in [0.05, 0.1) is 6.20 Å². The number of carbonyl (C=O) groups excluding carboxylic acids is 1. The number of aryl methyl sites for hydroxylation is 1. The molecule has 0 radical (unpaired) electrons. The highest BCUT2D eigenvalue weighted by molar-refractivity contribution is 6.09. The molecule has 0 aliphatic rings. The number of ether oxygens (including phenoxy) is 1. The Morgan fingerprint density at radius 2 is 1.85 bits per heavy atom. The Morgan fingerprint density at radius 1 is 1.15 bits per heavy atom. The third-order valence-corrected chi connectivity index (χ3v) is 3.49. The van der Waals surface area contributed by atoms with Gasteiger partial charge < -0.3 is 10.1 Å². The van der Waals surface area contributed by atoms with Gasteiger partial charge in [0.15, 0.2) is 0 Å². The van der Waals surface area contributed by atoms with Crippen LogP contribution in [-0.4, -0.2) is 15.7 Å². The molecule has 0 spiro atoms. The molecule has 128 valence electrons. The number of anilines is 1. The minimum absolute atomic E-state index is 0.00242. The van der Waals surface area contributed by atoms with Crippen molar-refractivity contribution in [1.82, 2.24) is 9.78 Å². The number of hydrogen-bond acceptors (Lipinski definition) is 4. The monoisotopic (exact) mass is 344 g/mol. The molecule has 0 fully saturated rings. The van der Waals surface area contributed by atoms with E-state index in [0.717, 1.165) is 5.75 Å². The van der Waals surface area contributed by atoms with E-state index in [9.17, 15) is 10.1 Å². The van der Waals surface area contributed by atoms with Gasteiger partial charge in [-0.05, 0) is 42.5 Å². The van der Waals surface area contributed by atoms with E-state index in [4.69, 9.17) is 4.74 Å². The number of hydrogen-bond donors (Lipinski definition) is 1. The minimum atomic E-state index is -0.479. The topological polar surface area (TPSA) is 79.9 Å². The normalized spacial score (nSPS) is 10.8. The van der Waals surface area contributed by atoms with Gasteiger partial charge in [0.1, 0.15) is 23.1 Å². The summed E-state index contributed by atoms with van der Waals surface area (Å²) in [5, 5.41) is 15.9. The predicted octanol–water partition coefficient (Wildman–Crippen LogP) is 3.76. The van der Waals surface area contributed by atoms with Crippen molar-refractivity contribution >= 4 is 17.7 Å². The van der Waals surface area contributed by atoms with Gasteiger partial charge >= 0.3 is 0 Å². The molecule has 26 heavy (non-hydrogen) atoms.